The van der Waals surface area contributed by atoms with E-state index in [0.29, 0.717) is 16.8 Å². The number of rotatable bonds is 6. The fourth-order valence-corrected chi connectivity index (χ4v) is 4.53. The molecule has 1 N–H and O–H groups in total. The lowest BCUT2D eigenvalue weighted by Crippen LogP contribution is -2.70. The number of benzene rings is 2. The third-order valence-electron chi connectivity index (χ3n) is 6.08. The van der Waals surface area contributed by atoms with Gasteiger partial charge in [-0.15, -0.1) is 0 Å². The Morgan fingerprint density at radius 3 is 2.41 bits per heavy atom. The summed E-state index contributed by atoms with van der Waals surface area (Å²) in [5, 5.41) is 4.39. The number of amides is 1. The molecule has 0 aromatic heterocycles. The number of hydrogen-bond acceptors (Lipinski definition) is 3. The van der Waals surface area contributed by atoms with Gasteiger partial charge in [0.2, 0.25) is 0 Å². The molecular formula is C24H29ClN2O2. The highest BCUT2D eigenvalue weighted by molar-refractivity contribution is 6.30. The van der Waals surface area contributed by atoms with Crippen LogP contribution >= 0.6 is 11.6 Å². The highest BCUT2D eigenvalue weighted by atomic mass is 35.5. The summed E-state index contributed by atoms with van der Waals surface area (Å²) in [6.45, 7) is 2.79. The van der Waals surface area contributed by atoms with Crippen molar-refractivity contribution in [2.75, 3.05) is 11.4 Å². The SMILES string of the molecule is Cc1ccccc1N1C(=O)[C@H](Oc2ccc(Cl)cc2)[C@H]1CNC1CCCCCC1. The highest BCUT2D eigenvalue weighted by Gasteiger charge is 2.50. The van der Waals surface area contributed by atoms with Gasteiger partial charge in [0, 0.05) is 23.3 Å². The van der Waals surface area contributed by atoms with Crippen LogP contribution in [0.3, 0.4) is 0 Å². The van der Waals surface area contributed by atoms with Gasteiger partial charge in [0.15, 0.2) is 6.10 Å². The molecule has 1 saturated heterocycles. The third-order valence-corrected chi connectivity index (χ3v) is 6.34. The first-order valence-electron chi connectivity index (χ1n) is 10.7. The van der Waals surface area contributed by atoms with Crippen LogP contribution in [0, 0.1) is 6.92 Å². The molecule has 1 heterocycles. The minimum absolute atomic E-state index is 0.0157. The third kappa shape index (κ3) is 4.59. The Labute approximate surface area is 178 Å². The van der Waals surface area contributed by atoms with E-state index in [1.54, 1.807) is 12.1 Å². The monoisotopic (exact) mass is 412 g/mol. The second-order valence-corrected chi connectivity index (χ2v) is 8.59. The van der Waals surface area contributed by atoms with E-state index >= 15 is 0 Å². The number of carbonyl (C=O) groups excluding carboxylic acids is 1. The van der Waals surface area contributed by atoms with Crippen LogP contribution in [0.5, 0.6) is 5.75 Å². The van der Waals surface area contributed by atoms with Crippen molar-refractivity contribution in [3.05, 3.63) is 59.1 Å². The van der Waals surface area contributed by atoms with Crippen molar-refractivity contribution in [3.8, 4) is 5.75 Å². The normalized spacial score (nSPS) is 22.8. The van der Waals surface area contributed by atoms with Gasteiger partial charge in [-0.05, 0) is 55.7 Å². The van der Waals surface area contributed by atoms with Crippen molar-refractivity contribution in [2.45, 2.75) is 63.6 Å². The first-order valence-corrected chi connectivity index (χ1v) is 11.1. The minimum atomic E-state index is -0.478. The number of anilines is 1. The van der Waals surface area contributed by atoms with Gasteiger partial charge >= 0.3 is 0 Å². The predicted octanol–water partition coefficient (Wildman–Crippen LogP) is 5.12. The lowest BCUT2D eigenvalue weighted by molar-refractivity contribution is -0.134. The summed E-state index contributed by atoms with van der Waals surface area (Å²) >= 11 is 5.98. The summed E-state index contributed by atoms with van der Waals surface area (Å²) in [5.74, 6) is 0.693. The molecule has 2 atom stereocenters. The predicted molar refractivity (Wildman–Crippen MR) is 118 cm³/mol. The number of aryl methyl sites for hydroxylation is 1. The Balaban J connectivity index is 1.50. The largest absolute Gasteiger partial charge is 0.478 e. The van der Waals surface area contributed by atoms with Crippen LogP contribution in [-0.2, 0) is 4.79 Å². The summed E-state index contributed by atoms with van der Waals surface area (Å²) in [6.07, 6.45) is 7.19. The van der Waals surface area contributed by atoms with Crippen molar-refractivity contribution in [1.82, 2.24) is 5.32 Å². The van der Waals surface area contributed by atoms with Crippen LogP contribution in [-0.4, -0.2) is 30.6 Å². The zero-order valence-electron chi connectivity index (χ0n) is 16.9. The van der Waals surface area contributed by atoms with E-state index in [2.05, 4.69) is 5.32 Å². The minimum Gasteiger partial charge on any atom is -0.478 e. The topological polar surface area (TPSA) is 41.6 Å². The molecule has 1 aliphatic carbocycles. The van der Waals surface area contributed by atoms with E-state index in [4.69, 9.17) is 16.3 Å². The molecule has 5 heteroatoms. The van der Waals surface area contributed by atoms with Crippen LogP contribution in [0.15, 0.2) is 48.5 Å². The molecule has 2 aromatic carbocycles. The van der Waals surface area contributed by atoms with Gasteiger partial charge < -0.3 is 15.0 Å². The molecule has 0 spiro atoms. The molecule has 1 saturated carbocycles. The van der Waals surface area contributed by atoms with E-state index in [9.17, 15) is 4.79 Å². The smallest absolute Gasteiger partial charge is 0.270 e. The van der Waals surface area contributed by atoms with E-state index in [1.165, 1.54) is 38.5 Å². The van der Waals surface area contributed by atoms with Crippen LogP contribution in [0.1, 0.15) is 44.1 Å². The number of carbonyl (C=O) groups is 1. The Kier molecular flexibility index (Phi) is 6.41. The number of hydrogen-bond donors (Lipinski definition) is 1. The highest BCUT2D eigenvalue weighted by Crippen LogP contribution is 2.33. The second kappa shape index (κ2) is 9.19. The van der Waals surface area contributed by atoms with Crippen LogP contribution < -0.4 is 15.0 Å². The quantitative estimate of drug-likeness (QED) is 0.528. The molecule has 4 rings (SSSR count). The van der Waals surface area contributed by atoms with E-state index in [0.717, 1.165) is 17.8 Å². The van der Waals surface area contributed by atoms with Gasteiger partial charge in [-0.2, -0.15) is 0 Å². The van der Waals surface area contributed by atoms with Crippen molar-refractivity contribution >= 4 is 23.2 Å². The summed E-state index contributed by atoms with van der Waals surface area (Å²) in [6, 6.07) is 15.8. The summed E-state index contributed by atoms with van der Waals surface area (Å²) in [7, 11) is 0. The maximum atomic E-state index is 13.0. The molecule has 29 heavy (non-hydrogen) atoms. The Hall–Kier alpha value is -2.04. The molecule has 2 fully saturated rings. The Bertz CT molecular complexity index is 831. The fraction of sp³-hybridized carbons (Fsp3) is 0.458. The summed E-state index contributed by atoms with van der Waals surface area (Å²) < 4.78 is 6.10. The zero-order valence-corrected chi connectivity index (χ0v) is 17.7. The van der Waals surface area contributed by atoms with Gasteiger partial charge in [-0.3, -0.25) is 4.79 Å². The number of para-hydroxylation sites is 1. The first kappa shape index (κ1) is 20.2. The molecule has 0 unspecified atom stereocenters. The van der Waals surface area contributed by atoms with Gasteiger partial charge in [0.05, 0.1) is 6.04 Å². The van der Waals surface area contributed by atoms with Crippen LogP contribution in [0.2, 0.25) is 5.02 Å². The lowest BCUT2D eigenvalue weighted by atomic mass is 9.94. The van der Waals surface area contributed by atoms with Gasteiger partial charge in [0.1, 0.15) is 5.75 Å². The van der Waals surface area contributed by atoms with Crippen molar-refractivity contribution in [3.63, 3.8) is 0 Å². The molecule has 1 aliphatic heterocycles. The molecular weight excluding hydrogens is 384 g/mol. The molecule has 154 valence electrons. The molecule has 4 nitrogen and oxygen atoms in total. The molecule has 0 bridgehead atoms. The summed E-state index contributed by atoms with van der Waals surface area (Å²) in [5.41, 5.74) is 2.08. The maximum absolute atomic E-state index is 13.0. The van der Waals surface area contributed by atoms with E-state index in [1.807, 2.05) is 48.2 Å². The van der Waals surface area contributed by atoms with Gasteiger partial charge in [-0.25, -0.2) is 0 Å². The van der Waals surface area contributed by atoms with Crippen molar-refractivity contribution in [1.29, 1.82) is 0 Å². The molecule has 2 aromatic rings. The van der Waals surface area contributed by atoms with E-state index < -0.39 is 6.10 Å². The van der Waals surface area contributed by atoms with Crippen molar-refractivity contribution < 1.29 is 9.53 Å². The van der Waals surface area contributed by atoms with Crippen LogP contribution in [0.4, 0.5) is 5.69 Å². The second-order valence-electron chi connectivity index (χ2n) is 8.15. The number of nitrogens with one attached hydrogen (secondary N) is 1. The van der Waals surface area contributed by atoms with Gasteiger partial charge in [0.25, 0.3) is 5.91 Å². The van der Waals surface area contributed by atoms with Crippen molar-refractivity contribution in [2.24, 2.45) is 0 Å². The maximum Gasteiger partial charge on any atom is 0.270 e. The molecule has 1 amide bonds. The molecule has 0 radical (unpaired) electrons. The van der Waals surface area contributed by atoms with Crippen LogP contribution in [0.25, 0.3) is 0 Å². The van der Waals surface area contributed by atoms with E-state index in [-0.39, 0.29) is 11.9 Å². The lowest BCUT2D eigenvalue weighted by Gasteiger charge is -2.47. The first-order chi connectivity index (χ1) is 14.1. The average Bonchev–Trinajstić information content (AvgIpc) is 3.00. The number of ether oxygens (including phenoxy) is 1. The Morgan fingerprint density at radius 1 is 1.03 bits per heavy atom. The number of halogens is 1. The average molecular weight is 413 g/mol. The summed E-state index contributed by atoms with van der Waals surface area (Å²) in [4.78, 5) is 15.0. The number of nitrogens with zero attached hydrogens (tertiary/aromatic N) is 1. The zero-order chi connectivity index (χ0) is 20.2. The standard InChI is InChI=1S/C24H29ClN2O2/c1-17-8-6-7-11-21(17)27-22(16-26-19-9-4-2-3-5-10-19)23(24(27)28)29-20-14-12-18(25)13-15-20/h6-8,11-15,19,22-23,26H,2-5,9-10,16H2,1H3/t22-,23-/m1/s1. The molecule has 2 aliphatic rings. The van der Waals surface area contributed by atoms with Gasteiger partial charge in [-0.1, -0.05) is 55.5 Å². The Morgan fingerprint density at radius 2 is 1.72 bits per heavy atom. The fourth-order valence-electron chi connectivity index (χ4n) is 4.41. The number of β-lactam (4-membered cyclic amide) rings is 1.